The van der Waals surface area contributed by atoms with Gasteiger partial charge in [0.15, 0.2) is 0 Å². The van der Waals surface area contributed by atoms with Gasteiger partial charge in [0.05, 0.1) is 5.02 Å². The Morgan fingerprint density at radius 2 is 1.86 bits per heavy atom. The van der Waals surface area contributed by atoms with Crippen LogP contribution in [-0.4, -0.2) is 8.42 Å². The molecule has 0 amide bonds. The van der Waals surface area contributed by atoms with Crippen molar-refractivity contribution in [3.63, 3.8) is 0 Å². The normalized spacial score (nSPS) is 13.1. The lowest BCUT2D eigenvalue weighted by Crippen LogP contribution is -2.27. The van der Waals surface area contributed by atoms with Crippen LogP contribution in [0.2, 0.25) is 10.0 Å². The van der Waals surface area contributed by atoms with E-state index in [0.717, 1.165) is 10.0 Å². The molecule has 0 heterocycles. The van der Waals surface area contributed by atoms with Gasteiger partial charge in [-0.15, -0.1) is 0 Å². The van der Waals surface area contributed by atoms with Crippen molar-refractivity contribution in [1.82, 2.24) is 4.72 Å². The third-order valence-electron chi connectivity index (χ3n) is 2.86. The van der Waals surface area contributed by atoms with Crippen molar-refractivity contribution in [3.8, 4) is 0 Å². The zero-order valence-corrected chi connectivity index (χ0v) is 14.9. The Balaban J connectivity index is 2.31. The molecule has 0 aliphatic heterocycles. The minimum Gasteiger partial charge on any atom is -0.207 e. The lowest BCUT2D eigenvalue weighted by molar-refractivity contribution is 0.567. The smallest absolute Gasteiger partial charge is 0.207 e. The predicted octanol–water partition coefficient (Wildman–Crippen LogP) is 4.80. The maximum absolute atomic E-state index is 12.4. The van der Waals surface area contributed by atoms with Crippen LogP contribution in [0, 0.1) is 0 Å². The SMILES string of the molecule is C[C@H](NS(=O)(=O)c1cc(Cl)ccc1Cl)c1cccc(Br)c1. The zero-order chi connectivity index (χ0) is 15.6. The fourth-order valence-electron chi connectivity index (χ4n) is 1.82. The van der Waals surface area contributed by atoms with Crippen LogP contribution in [0.5, 0.6) is 0 Å². The highest BCUT2D eigenvalue weighted by Gasteiger charge is 2.21. The van der Waals surface area contributed by atoms with E-state index in [4.69, 9.17) is 23.2 Å². The highest BCUT2D eigenvalue weighted by atomic mass is 79.9. The summed E-state index contributed by atoms with van der Waals surface area (Å²) in [5.74, 6) is 0. The number of rotatable bonds is 4. The zero-order valence-electron chi connectivity index (χ0n) is 11.0. The van der Waals surface area contributed by atoms with E-state index in [2.05, 4.69) is 20.7 Å². The summed E-state index contributed by atoms with van der Waals surface area (Å²) < 4.78 is 28.3. The van der Waals surface area contributed by atoms with Gasteiger partial charge in [-0.1, -0.05) is 51.3 Å². The van der Waals surface area contributed by atoms with Crippen molar-refractivity contribution >= 4 is 49.2 Å². The Morgan fingerprint density at radius 1 is 1.14 bits per heavy atom. The summed E-state index contributed by atoms with van der Waals surface area (Å²) in [6.07, 6.45) is 0. The fraction of sp³-hybridized carbons (Fsp3) is 0.143. The molecule has 2 rings (SSSR count). The summed E-state index contributed by atoms with van der Waals surface area (Å²) >= 11 is 15.2. The molecule has 0 spiro atoms. The third-order valence-corrected chi connectivity index (χ3v) is 5.61. The average molecular weight is 409 g/mol. The number of halogens is 3. The summed E-state index contributed by atoms with van der Waals surface area (Å²) in [6, 6.07) is 11.4. The van der Waals surface area contributed by atoms with Crippen molar-refractivity contribution in [2.24, 2.45) is 0 Å². The van der Waals surface area contributed by atoms with E-state index >= 15 is 0 Å². The molecule has 1 atom stereocenters. The molecule has 0 aliphatic carbocycles. The molecule has 3 nitrogen and oxygen atoms in total. The minimum atomic E-state index is -3.76. The molecular formula is C14H12BrCl2NO2S. The van der Waals surface area contributed by atoms with E-state index < -0.39 is 16.1 Å². The van der Waals surface area contributed by atoms with Crippen molar-refractivity contribution in [2.45, 2.75) is 17.9 Å². The topological polar surface area (TPSA) is 46.2 Å². The van der Waals surface area contributed by atoms with Crippen LogP contribution in [0.3, 0.4) is 0 Å². The summed E-state index contributed by atoms with van der Waals surface area (Å²) in [7, 11) is -3.76. The van der Waals surface area contributed by atoms with Gasteiger partial charge in [0, 0.05) is 15.5 Å². The van der Waals surface area contributed by atoms with E-state index in [1.54, 1.807) is 13.0 Å². The second-order valence-electron chi connectivity index (χ2n) is 4.47. The molecule has 21 heavy (non-hydrogen) atoms. The van der Waals surface area contributed by atoms with Gasteiger partial charge >= 0.3 is 0 Å². The van der Waals surface area contributed by atoms with Crippen LogP contribution < -0.4 is 4.72 Å². The molecule has 2 aromatic carbocycles. The van der Waals surface area contributed by atoms with Gasteiger partial charge in [-0.25, -0.2) is 13.1 Å². The van der Waals surface area contributed by atoms with E-state index in [1.165, 1.54) is 12.1 Å². The summed E-state index contributed by atoms with van der Waals surface area (Å²) in [5, 5.41) is 0.447. The Hall–Kier alpha value is -0.590. The van der Waals surface area contributed by atoms with Crippen molar-refractivity contribution in [3.05, 3.63) is 62.5 Å². The van der Waals surface area contributed by atoms with Crippen LogP contribution in [0.25, 0.3) is 0 Å². The van der Waals surface area contributed by atoms with E-state index in [-0.39, 0.29) is 9.92 Å². The largest absolute Gasteiger partial charge is 0.242 e. The van der Waals surface area contributed by atoms with Crippen molar-refractivity contribution in [2.75, 3.05) is 0 Å². The molecule has 0 aliphatic rings. The molecule has 0 fully saturated rings. The second kappa shape index (κ2) is 6.67. The molecule has 7 heteroatoms. The molecule has 0 aromatic heterocycles. The maximum Gasteiger partial charge on any atom is 0.242 e. The van der Waals surface area contributed by atoms with Gasteiger partial charge in [-0.2, -0.15) is 0 Å². The van der Waals surface area contributed by atoms with Gasteiger partial charge in [-0.05, 0) is 42.8 Å². The fourth-order valence-corrected chi connectivity index (χ4v) is 4.23. The number of benzene rings is 2. The van der Waals surface area contributed by atoms with E-state index in [0.29, 0.717) is 5.02 Å². The molecule has 2 aromatic rings. The first-order chi connectivity index (χ1) is 9.79. The Labute approximate surface area is 142 Å². The highest BCUT2D eigenvalue weighted by Crippen LogP contribution is 2.27. The number of sulfonamides is 1. The molecule has 1 N–H and O–H groups in total. The predicted molar refractivity (Wildman–Crippen MR) is 89.3 cm³/mol. The van der Waals surface area contributed by atoms with Crippen LogP contribution in [0.15, 0.2) is 51.8 Å². The molecule has 0 bridgehead atoms. The minimum absolute atomic E-state index is 0.0292. The highest BCUT2D eigenvalue weighted by molar-refractivity contribution is 9.10. The molecule has 0 saturated carbocycles. The Morgan fingerprint density at radius 3 is 2.52 bits per heavy atom. The Bertz CT molecular complexity index is 765. The molecule has 0 radical (unpaired) electrons. The number of hydrogen-bond donors (Lipinski definition) is 1. The number of nitrogens with one attached hydrogen (secondary N) is 1. The lowest BCUT2D eigenvalue weighted by Gasteiger charge is -2.16. The average Bonchev–Trinajstić information content (AvgIpc) is 2.41. The first-order valence-corrected chi connectivity index (χ1v) is 9.05. The maximum atomic E-state index is 12.4. The quantitative estimate of drug-likeness (QED) is 0.789. The van der Waals surface area contributed by atoms with E-state index in [9.17, 15) is 8.42 Å². The van der Waals surface area contributed by atoms with Gasteiger partial charge < -0.3 is 0 Å². The van der Waals surface area contributed by atoms with Crippen LogP contribution >= 0.6 is 39.1 Å². The summed E-state index contributed by atoms with van der Waals surface area (Å²) in [6.45, 7) is 1.76. The Kier molecular flexibility index (Phi) is 5.33. The van der Waals surface area contributed by atoms with Gasteiger partial charge in [0.25, 0.3) is 0 Å². The monoisotopic (exact) mass is 407 g/mol. The van der Waals surface area contributed by atoms with Crippen LogP contribution in [-0.2, 0) is 10.0 Å². The third kappa shape index (κ3) is 4.20. The van der Waals surface area contributed by atoms with E-state index in [1.807, 2.05) is 24.3 Å². The molecule has 0 saturated heterocycles. The summed E-state index contributed by atoms with van der Waals surface area (Å²) in [5.41, 5.74) is 0.839. The van der Waals surface area contributed by atoms with Crippen LogP contribution in [0.4, 0.5) is 0 Å². The van der Waals surface area contributed by atoms with Crippen LogP contribution in [0.1, 0.15) is 18.5 Å². The first-order valence-electron chi connectivity index (χ1n) is 6.02. The molecule has 0 unspecified atom stereocenters. The lowest BCUT2D eigenvalue weighted by atomic mass is 10.1. The molecular weight excluding hydrogens is 397 g/mol. The van der Waals surface area contributed by atoms with Crippen molar-refractivity contribution in [1.29, 1.82) is 0 Å². The second-order valence-corrected chi connectivity index (χ2v) is 7.91. The summed E-state index contributed by atoms with van der Waals surface area (Å²) in [4.78, 5) is -0.0292. The van der Waals surface area contributed by atoms with Crippen molar-refractivity contribution < 1.29 is 8.42 Å². The van der Waals surface area contributed by atoms with Gasteiger partial charge in [0.2, 0.25) is 10.0 Å². The first kappa shape index (κ1) is 16.8. The van der Waals surface area contributed by atoms with Gasteiger partial charge in [0.1, 0.15) is 4.90 Å². The van der Waals surface area contributed by atoms with Gasteiger partial charge in [-0.3, -0.25) is 0 Å². The molecule has 112 valence electrons. The number of hydrogen-bond acceptors (Lipinski definition) is 2. The standard InChI is InChI=1S/C14H12BrCl2NO2S/c1-9(10-3-2-4-11(15)7-10)18-21(19,20)14-8-12(16)5-6-13(14)17/h2-9,18H,1H3/t9-/m0/s1.